The molecule has 1 heterocycles. The fourth-order valence-corrected chi connectivity index (χ4v) is 2.02. The van der Waals surface area contributed by atoms with Crippen molar-refractivity contribution in [1.82, 2.24) is 10.1 Å². The molecule has 0 saturated heterocycles. The van der Waals surface area contributed by atoms with Crippen LogP contribution in [0.3, 0.4) is 0 Å². The lowest BCUT2D eigenvalue weighted by atomic mass is 9.96. The van der Waals surface area contributed by atoms with Gasteiger partial charge in [-0.2, -0.15) is 4.98 Å². The lowest BCUT2D eigenvalue weighted by molar-refractivity contribution is -0.116. The van der Waals surface area contributed by atoms with E-state index in [1.165, 1.54) is 0 Å². The number of nitrogens with zero attached hydrogens (tertiary/aromatic N) is 2. The second-order valence-corrected chi connectivity index (χ2v) is 6.55. The molecule has 6 heteroatoms. The third-order valence-electron chi connectivity index (χ3n) is 3.08. The van der Waals surface area contributed by atoms with Crippen LogP contribution in [-0.2, 0) is 16.6 Å². The lowest BCUT2D eigenvalue weighted by Gasteiger charge is -2.10. The van der Waals surface area contributed by atoms with Crippen LogP contribution in [0.2, 0.25) is 5.02 Å². The molecule has 0 saturated carbocycles. The van der Waals surface area contributed by atoms with Crippen LogP contribution in [0.4, 0.5) is 5.69 Å². The van der Waals surface area contributed by atoms with Crippen molar-refractivity contribution in [2.45, 2.75) is 45.4 Å². The molecule has 1 N–H and O–H groups in total. The summed E-state index contributed by atoms with van der Waals surface area (Å²) in [6.07, 6.45) is 1.60. The molecule has 0 aliphatic heterocycles. The SMILES string of the molecule is CC(C)(C)c1noc(CCCC(=O)Nc2ccccc2Cl)n1. The van der Waals surface area contributed by atoms with Gasteiger partial charge >= 0.3 is 0 Å². The molecule has 5 nitrogen and oxygen atoms in total. The van der Waals surface area contributed by atoms with Gasteiger partial charge in [0.05, 0.1) is 10.7 Å². The van der Waals surface area contributed by atoms with E-state index in [9.17, 15) is 4.79 Å². The van der Waals surface area contributed by atoms with E-state index in [2.05, 4.69) is 15.5 Å². The van der Waals surface area contributed by atoms with Crippen LogP contribution >= 0.6 is 11.6 Å². The van der Waals surface area contributed by atoms with E-state index in [4.69, 9.17) is 16.1 Å². The molecule has 0 aliphatic carbocycles. The molecule has 0 bridgehead atoms. The van der Waals surface area contributed by atoms with Crippen molar-refractivity contribution in [3.63, 3.8) is 0 Å². The maximum absolute atomic E-state index is 11.9. The van der Waals surface area contributed by atoms with Crippen LogP contribution in [0, 0.1) is 0 Å². The number of aryl methyl sites for hydroxylation is 1. The van der Waals surface area contributed by atoms with E-state index >= 15 is 0 Å². The molecule has 118 valence electrons. The molecular formula is C16H20ClN3O2. The molecule has 1 aromatic heterocycles. The van der Waals surface area contributed by atoms with E-state index < -0.39 is 0 Å². The van der Waals surface area contributed by atoms with Crippen molar-refractivity contribution >= 4 is 23.2 Å². The first-order valence-electron chi connectivity index (χ1n) is 7.24. The van der Waals surface area contributed by atoms with E-state index in [1.54, 1.807) is 12.1 Å². The standard InChI is InChI=1S/C16H20ClN3O2/c1-16(2,3)15-19-14(22-20-15)10-6-9-13(21)18-12-8-5-4-7-11(12)17/h4-5,7-8H,6,9-10H2,1-3H3,(H,18,21). The molecule has 0 atom stereocenters. The number of rotatable bonds is 5. The summed E-state index contributed by atoms with van der Waals surface area (Å²) in [6.45, 7) is 6.08. The van der Waals surface area contributed by atoms with Crippen molar-refractivity contribution in [1.29, 1.82) is 0 Å². The van der Waals surface area contributed by atoms with Crippen LogP contribution in [0.25, 0.3) is 0 Å². The Labute approximate surface area is 135 Å². The number of anilines is 1. The maximum Gasteiger partial charge on any atom is 0.226 e. The molecule has 2 rings (SSSR count). The predicted octanol–water partition coefficient (Wildman–Crippen LogP) is 3.98. The average molecular weight is 322 g/mol. The fraction of sp³-hybridized carbons (Fsp3) is 0.438. The Morgan fingerprint density at radius 2 is 2.05 bits per heavy atom. The van der Waals surface area contributed by atoms with Crippen molar-refractivity contribution < 1.29 is 9.32 Å². The summed E-state index contributed by atoms with van der Waals surface area (Å²) in [5.74, 6) is 1.17. The van der Waals surface area contributed by atoms with Crippen molar-refractivity contribution in [3.05, 3.63) is 41.0 Å². The van der Waals surface area contributed by atoms with Gasteiger partial charge in [-0.05, 0) is 18.6 Å². The highest BCUT2D eigenvalue weighted by molar-refractivity contribution is 6.33. The van der Waals surface area contributed by atoms with Crippen LogP contribution in [-0.4, -0.2) is 16.0 Å². The minimum atomic E-state index is -0.136. The quantitative estimate of drug-likeness (QED) is 0.904. The number of carbonyl (C=O) groups excluding carboxylic acids is 1. The summed E-state index contributed by atoms with van der Waals surface area (Å²) in [7, 11) is 0. The minimum absolute atomic E-state index is 0.0799. The van der Waals surface area contributed by atoms with E-state index in [1.807, 2.05) is 32.9 Å². The zero-order chi connectivity index (χ0) is 16.2. The van der Waals surface area contributed by atoms with Crippen molar-refractivity contribution in [2.24, 2.45) is 0 Å². The minimum Gasteiger partial charge on any atom is -0.339 e. The summed E-state index contributed by atoms with van der Waals surface area (Å²) in [5, 5.41) is 7.28. The molecule has 1 aromatic carbocycles. The number of benzene rings is 1. The van der Waals surface area contributed by atoms with E-state index in [0.717, 1.165) is 0 Å². The third kappa shape index (κ3) is 4.56. The first kappa shape index (κ1) is 16.5. The fourth-order valence-electron chi connectivity index (χ4n) is 1.84. The number of nitrogens with one attached hydrogen (secondary N) is 1. The van der Waals surface area contributed by atoms with Crippen LogP contribution in [0.15, 0.2) is 28.8 Å². The van der Waals surface area contributed by atoms with E-state index in [-0.39, 0.29) is 11.3 Å². The first-order chi connectivity index (χ1) is 10.4. The van der Waals surface area contributed by atoms with Gasteiger partial charge in [-0.25, -0.2) is 0 Å². The van der Waals surface area contributed by atoms with Gasteiger partial charge in [-0.15, -0.1) is 0 Å². The summed E-state index contributed by atoms with van der Waals surface area (Å²) in [6, 6.07) is 7.16. The zero-order valence-corrected chi connectivity index (χ0v) is 13.8. The predicted molar refractivity (Wildman–Crippen MR) is 86.0 cm³/mol. The molecule has 1 amide bonds. The molecule has 2 aromatic rings. The summed E-state index contributed by atoms with van der Waals surface area (Å²) >= 11 is 6.00. The van der Waals surface area contributed by atoms with Gasteiger partial charge < -0.3 is 9.84 Å². The Morgan fingerprint density at radius 1 is 1.32 bits per heavy atom. The van der Waals surface area contributed by atoms with Gasteiger partial charge in [0.25, 0.3) is 0 Å². The summed E-state index contributed by atoms with van der Waals surface area (Å²) in [5.41, 5.74) is 0.491. The number of hydrogen-bond acceptors (Lipinski definition) is 4. The Morgan fingerprint density at radius 3 is 2.68 bits per heavy atom. The first-order valence-corrected chi connectivity index (χ1v) is 7.61. The largest absolute Gasteiger partial charge is 0.339 e. The Kier molecular flexibility index (Phi) is 5.19. The number of para-hydroxylation sites is 1. The number of aromatic nitrogens is 2. The van der Waals surface area contributed by atoms with Crippen LogP contribution in [0.1, 0.15) is 45.3 Å². The second kappa shape index (κ2) is 6.92. The molecule has 0 radical (unpaired) electrons. The number of amides is 1. The van der Waals surface area contributed by atoms with Gasteiger partial charge in [0.2, 0.25) is 11.8 Å². The summed E-state index contributed by atoms with van der Waals surface area (Å²) < 4.78 is 5.20. The normalized spacial score (nSPS) is 11.5. The highest BCUT2D eigenvalue weighted by Crippen LogP contribution is 2.21. The zero-order valence-electron chi connectivity index (χ0n) is 13.0. The maximum atomic E-state index is 11.9. The average Bonchev–Trinajstić information content (AvgIpc) is 2.90. The molecule has 0 spiro atoms. The number of hydrogen-bond donors (Lipinski definition) is 1. The van der Waals surface area contributed by atoms with Crippen LogP contribution in [0.5, 0.6) is 0 Å². The van der Waals surface area contributed by atoms with Gasteiger partial charge in [0.15, 0.2) is 5.82 Å². The highest BCUT2D eigenvalue weighted by atomic mass is 35.5. The van der Waals surface area contributed by atoms with Gasteiger partial charge in [-0.3, -0.25) is 4.79 Å². The Bertz CT molecular complexity index is 647. The number of halogens is 1. The Hall–Kier alpha value is -1.88. The lowest BCUT2D eigenvalue weighted by Crippen LogP contribution is -2.13. The van der Waals surface area contributed by atoms with Gasteiger partial charge in [0.1, 0.15) is 0 Å². The second-order valence-electron chi connectivity index (χ2n) is 6.14. The molecule has 0 unspecified atom stereocenters. The van der Waals surface area contributed by atoms with Crippen molar-refractivity contribution in [3.8, 4) is 0 Å². The monoisotopic (exact) mass is 321 g/mol. The van der Waals surface area contributed by atoms with Gasteiger partial charge in [0, 0.05) is 18.3 Å². The third-order valence-corrected chi connectivity index (χ3v) is 3.41. The number of carbonyl (C=O) groups is 1. The van der Waals surface area contributed by atoms with Gasteiger partial charge in [-0.1, -0.05) is 49.7 Å². The molecule has 0 aliphatic rings. The summed E-state index contributed by atoms with van der Waals surface area (Å²) in [4.78, 5) is 16.2. The Balaban J connectivity index is 1.80. The van der Waals surface area contributed by atoms with Crippen molar-refractivity contribution in [2.75, 3.05) is 5.32 Å². The van der Waals surface area contributed by atoms with E-state index in [0.29, 0.717) is 41.7 Å². The van der Waals surface area contributed by atoms with Crippen LogP contribution < -0.4 is 5.32 Å². The topological polar surface area (TPSA) is 68.0 Å². The molecular weight excluding hydrogens is 302 g/mol. The highest BCUT2D eigenvalue weighted by Gasteiger charge is 2.20. The smallest absolute Gasteiger partial charge is 0.226 e. The molecule has 22 heavy (non-hydrogen) atoms. The molecule has 0 fully saturated rings.